The van der Waals surface area contributed by atoms with E-state index in [-0.39, 0.29) is 5.78 Å². The monoisotopic (exact) mass is 415 g/mol. The minimum atomic E-state index is -0.0735. The van der Waals surface area contributed by atoms with Crippen LogP contribution in [0, 0.1) is 13.8 Å². The number of nitrogens with zero attached hydrogens (tertiary/aromatic N) is 3. The van der Waals surface area contributed by atoms with E-state index in [0.717, 1.165) is 49.9 Å². The van der Waals surface area contributed by atoms with Gasteiger partial charge >= 0.3 is 0 Å². The standard InChI is InChI=1S/C28H21N3O/c1-18-8-11-22-24(16-18)31-19(2)27(28(22)21-6-4-3-5-7-21)26(32)13-10-20-9-12-23-25(17-20)30-15-14-29-23/h3-17H,1-2H3/b13-10+. The average molecular weight is 415 g/mol. The third kappa shape index (κ3) is 3.67. The van der Waals surface area contributed by atoms with Crippen molar-refractivity contribution in [1.29, 1.82) is 0 Å². The number of pyridine rings is 1. The predicted molar refractivity (Wildman–Crippen MR) is 130 cm³/mol. The molecule has 0 spiro atoms. The molecule has 0 aliphatic rings. The Morgan fingerprint density at radius 3 is 2.41 bits per heavy atom. The van der Waals surface area contributed by atoms with E-state index in [1.165, 1.54) is 0 Å². The Morgan fingerprint density at radius 1 is 0.812 bits per heavy atom. The van der Waals surface area contributed by atoms with Crippen molar-refractivity contribution < 1.29 is 4.79 Å². The number of hydrogen-bond acceptors (Lipinski definition) is 4. The van der Waals surface area contributed by atoms with Crippen LogP contribution < -0.4 is 0 Å². The Balaban J connectivity index is 1.63. The lowest BCUT2D eigenvalue weighted by Gasteiger charge is -2.14. The molecule has 2 heterocycles. The van der Waals surface area contributed by atoms with Crippen LogP contribution in [0.3, 0.4) is 0 Å². The molecule has 0 saturated carbocycles. The number of fused-ring (bicyclic) bond motifs is 2. The van der Waals surface area contributed by atoms with Crippen molar-refractivity contribution in [2.75, 3.05) is 0 Å². The summed E-state index contributed by atoms with van der Waals surface area (Å²) in [6.07, 6.45) is 6.78. The molecule has 0 fully saturated rings. The molecule has 0 bridgehead atoms. The Labute approximate surface area is 186 Å². The van der Waals surface area contributed by atoms with Crippen molar-refractivity contribution in [2.24, 2.45) is 0 Å². The lowest BCUT2D eigenvalue weighted by Crippen LogP contribution is -2.05. The van der Waals surface area contributed by atoms with Crippen LogP contribution in [0.25, 0.3) is 39.1 Å². The van der Waals surface area contributed by atoms with E-state index >= 15 is 0 Å². The first-order valence-corrected chi connectivity index (χ1v) is 10.5. The predicted octanol–water partition coefficient (Wildman–Crippen LogP) is 6.36. The zero-order valence-electron chi connectivity index (χ0n) is 17.9. The average Bonchev–Trinajstić information content (AvgIpc) is 2.82. The summed E-state index contributed by atoms with van der Waals surface area (Å²) in [5.41, 5.74) is 7.84. The Hall–Kier alpha value is -4.18. The van der Waals surface area contributed by atoms with Gasteiger partial charge in [0.25, 0.3) is 0 Å². The highest BCUT2D eigenvalue weighted by Crippen LogP contribution is 2.34. The highest BCUT2D eigenvalue weighted by Gasteiger charge is 2.19. The maximum absolute atomic E-state index is 13.5. The van der Waals surface area contributed by atoms with Gasteiger partial charge < -0.3 is 0 Å². The normalized spacial score (nSPS) is 11.4. The first-order chi connectivity index (χ1) is 15.6. The van der Waals surface area contributed by atoms with Crippen molar-refractivity contribution in [3.8, 4) is 11.1 Å². The summed E-state index contributed by atoms with van der Waals surface area (Å²) in [6, 6.07) is 22.0. The van der Waals surface area contributed by atoms with E-state index in [0.29, 0.717) is 5.56 Å². The Kier molecular flexibility index (Phi) is 5.04. The second-order valence-electron chi connectivity index (χ2n) is 7.84. The molecular weight excluding hydrogens is 394 g/mol. The van der Waals surface area contributed by atoms with Crippen LogP contribution in [0.5, 0.6) is 0 Å². The second-order valence-corrected chi connectivity index (χ2v) is 7.84. The van der Waals surface area contributed by atoms with E-state index in [1.807, 2.05) is 68.5 Å². The van der Waals surface area contributed by atoms with Gasteiger partial charge in [0, 0.05) is 29.0 Å². The molecular formula is C28H21N3O. The van der Waals surface area contributed by atoms with Crippen molar-refractivity contribution in [2.45, 2.75) is 13.8 Å². The summed E-state index contributed by atoms with van der Waals surface area (Å²) in [7, 11) is 0. The molecule has 0 aliphatic carbocycles. The third-order valence-electron chi connectivity index (χ3n) is 5.55. The number of rotatable bonds is 4. The fraction of sp³-hybridized carbons (Fsp3) is 0.0714. The minimum Gasteiger partial charge on any atom is -0.289 e. The summed E-state index contributed by atoms with van der Waals surface area (Å²) in [6.45, 7) is 3.95. The summed E-state index contributed by atoms with van der Waals surface area (Å²) >= 11 is 0. The molecule has 0 unspecified atom stereocenters. The van der Waals surface area contributed by atoms with Crippen molar-refractivity contribution in [3.05, 3.63) is 108 Å². The number of carbonyl (C=O) groups excluding carboxylic acids is 1. The van der Waals surface area contributed by atoms with E-state index < -0.39 is 0 Å². The molecule has 5 aromatic rings. The van der Waals surface area contributed by atoms with Crippen LogP contribution >= 0.6 is 0 Å². The SMILES string of the molecule is Cc1ccc2c(-c3ccccc3)c(C(=O)/C=C/c3ccc4nccnc4c3)c(C)nc2c1. The maximum Gasteiger partial charge on any atom is 0.188 e. The molecule has 3 aromatic carbocycles. The summed E-state index contributed by atoms with van der Waals surface area (Å²) in [4.78, 5) is 26.9. The lowest BCUT2D eigenvalue weighted by atomic mass is 9.91. The molecule has 0 radical (unpaired) electrons. The number of allylic oxidation sites excluding steroid dienone is 1. The maximum atomic E-state index is 13.5. The van der Waals surface area contributed by atoms with Crippen LogP contribution in [0.4, 0.5) is 0 Å². The van der Waals surface area contributed by atoms with Gasteiger partial charge in [0.15, 0.2) is 5.78 Å². The number of benzene rings is 3. The van der Waals surface area contributed by atoms with E-state index in [2.05, 4.69) is 28.2 Å². The first-order valence-electron chi connectivity index (χ1n) is 10.5. The van der Waals surface area contributed by atoms with Gasteiger partial charge in [-0.2, -0.15) is 0 Å². The topological polar surface area (TPSA) is 55.7 Å². The van der Waals surface area contributed by atoms with Gasteiger partial charge in [-0.3, -0.25) is 19.7 Å². The molecule has 0 amide bonds. The molecule has 0 aliphatic heterocycles. The fourth-order valence-electron chi connectivity index (χ4n) is 4.04. The Morgan fingerprint density at radius 2 is 1.59 bits per heavy atom. The quantitative estimate of drug-likeness (QED) is 0.253. The largest absolute Gasteiger partial charge is 0.289 e. The van der Waals surface area contributed by atoms with Crippen molar-refractivity contribution in [3.63, 3.8) is 0 Å². The van der Waals surface area contributed by atoms with Crippen LogP contribution in [0.1, 0.15) is 27.2 Å². The van der Waals surface area contributed by atoms with Crippen molar-refractivity contribution in [1.82, 2.24) is 15.0 Å². The first kappa shape index (κ1) is 19.8. The summed E-state index contributed by atoms with van der Waals surface area (Å²) < 4.78 is 0. The van der Waals surface area contributed by atoms with Gasteiger partial charge in [-0.1, -0.05) is 54.6 Å². The lowest BCUT2D eigenvalue weighted by molar-refractivity contribution is 0.104. The van der Waals surface area contributed by atoms with Gasteiger partial charge in [-0.25, -0.2) is 0 Å². The second kappa shape index (κ2) is 8.16. The Bertz CT molecular complexity index is 1500. The molecule has 4 nitrogen and oxygen atoms in total. The van der Waals surface area contributed by atoms with Gasteiger partial charge in [-0.05, 0) is 54.8 Å². The number of ketones is 1. The summed E-state index contributed by atoms with van der Waals surface area (Å²) in [5.74, 6) is -0.0735. The highest BCUT2D eigenvalue weighted by atomic mass is 16.1. The van der Waals surface area contributed by atoms with E-state index in [1.54, 1.807) is 18.5 Å². The zero-order valence-corrected chi connectivity index (χ0v) is 17.9. The minimum absolute atomic E-state index is 0.0735. The van der Waals surface area contributed by atoms with Crippen LogP contribution in [0.2, 0.25) is 0 Å². The molecule has 0 saturated heterocycles. The molecule has 32 heavy (non-hydrogen) atoms. The molecule has 154 valence electrons. The number of aromatic nitrogens is 3. The van der Waals surface area contributed by atoms with Gasteiger partial charge in [0.2, 0.25) is 0 Å². The van der Waals surface area contributed by atoms with Gasteiger partial charge in [0.1, 0.15) is 0 Å². The van der Waals surface area contributed by atoms with Crippen molar-refractivity contribution >= 4 is 33.8 Å². The smallest absolute Gasteiger partial charge is 0.188 e. The van der Waals surface area contributed by atoms with E-state index in [9.17, 15) is 4.79 Å². The number of aryl methyl sites for hydroxylation is 2. The highest BCUT2D eigenvalue weighted by molar-refractivity contribution is 6.16. The third-order valence-corrected chi connectivity index (χ3v) is 5.55. The number of carbonyl (C=O) groups is 1. The molecule has 0 atom stereocenters. The van der Waals surface area contributed by atoms with Gasteiger partial charge in [0.05, 0.1) is 22.1 Å². The molecule has 2 aromatic heterocycles. The summed E-state index contributed by atoms with van der Waals surface area (Å²) in [5, 5.41) is 0.977. The van der Waals surface area contributed by atoms with Crippen LogP contribution in [-0.2, 0) is 0 Å². The molecule has 5 rings (SSSR count). The van der Waals surface area contributed by atoms with E-state index in [4.69, 9.17) is 4.98 Å². The van der Waals surface area contributed by atoms with Gasteiger partial charge in [-0.15, -0.1) is 0 Å². The van der Waals surface area contributed by atoms with Crippen LogP contribution in [-0.4, -0.2) is 20.7 Å². The van der Waals surface area contributed by atoms with Crippen LogP contribution in [0.15, 0.2) is 85.2 Å². The molecule has 0 N–H and O–H groups in total. The zero-order chi connectivity index (χ0) is 22.1. The molecule has 4 heteroatoms. The fourth-order valence-corrected chi connectivity index (χ4v) is 4.04. The number of hydrogen-bond donors (Lipinski definition) is 0.